The predicted octanol–water partition coefficient (Wildman–Crippen LogP) is 0.297. The van der Waals surface area contributed by atoms with Gasteiger partial charge in [-0.05, 0) is 12.3 Å². The number of nitrogens with one attached hydrogen (secondary N) is 1. The lowest BCUT2D eigenvalue weighted by atomic mass is 9.99. The van der Waals surface area contributed by atoms with Crippen molar-refractivity contribution in [3.05, 3.63) is 0 Å². The summed E-state index contributed by atoms with van der Waals surface area (Å²) in [7, 11) is 0. The van der Waals surface area contributed by atoms with E-state index in [0.29, 0.717) is 12.0 Å². The van der Waals surface area contributed by atoms with Crippen molar-refractivity contribution in [2.24, 2.45) is 11.8 Å². The number of nitrogens with two attached hydrogens (primary N) is 1. The lowest BCUT2D eigenvalue weighted by Crippen LogP contribution is -2.44. The molecule has 0 aromatic carbocycles. The third-order valence-electron chi connectivity index (χ3n) is 1.85. The molecule has 0 aromatic rings. The quantitative estimate of drug-likeness (QED) is 0.435. The highest BCUT2D eigenvalue weighted by molar-refractivity contribution is 5.85. The first-order valence-electron chi connectivity index (χ1n) is 3.38. The van der Waals surface area contributed by atoms with Gasteiger partial charge in [-0.1, -0.05) is 6.92 Å². The molecule has 0 saturated carbocycles. The van der Waals surface area contributed by atoms with E-state index in [1.807, 2.05) is 0 Å². The van der Waals surface area contributed by atoms with Crippen LogP contribution in [0.25, 0.3) is 0 Å². The maximum atomic E-state index is 5.29. The van der Waals surface area contributed by atoms with Crippen LogP contribution in [-0.2, 0) is 4.74 Å². The number of rotatable bonds is 1. The third kappa shape index (κ3) is 2.42. The van der Waals surface area contributed by atoms with Gasteiger partial charge in [0, 0.05) is 12.6 Å². The summed E-state index contributed by atoms with van der Waals surface area (Å²) in [4.78, 5) is 0. The zero-order valence-corrected chi connectivity index (χ0v) is 6.99. The maximum Gasteiger partial charge on any atom is 0.0507 e. The van der Waals surface area contributed by atoms with Gasteiger partial charge in [0.05, 0.1) is 6.61 Å². The first kappa shape index (κ1) is 10.2. The van der Waals surface area contributed by atoms with E-state index in [9.17, 15) is 0 Å². The van der Waals surface area contributed by atoms with Crippen LogP contribution in [-0.4, -0.2) is 19.3 Å². The molecule has 0 aromatic heterocycles. The lowest BCUT2D eigenvalue weighted by Gasteiger charge is -2.27. The Kier molecular flexibility index (Phi) is 4.99. The van der Waals surface area contributed by atoms with Crippen LogP contribution in [0.15, 0.2) is 0 Å². The van der Waals surface area contributed by atoms with Gasteiger partial charge < -0.3 is 4.74 Å². The summed E-state index contributed by atoms with van der Waals surface area (Å²) >= 11 is 0. The summed E-state index contributed by atoms with van der Waals surface area (Å²) in [5.41, 5.74) is 2.77. The Morgan fingerprint density at radius 2 is 2.30 bits per heavy atom. The molecule has 1 aliphatic rings. The highest BCUT2D eigenvalue weighted by Gasteiger charge is 2.19. The van der Waals surface area contributed by atoms with Gasteiger partial charge in [-0.25, -0.2) is 0 Å². The van der Waals surface area contributed by atoms with Gasteiger partial charge in [0.2, 0.25) is 0 Å². The zero-order chi connectivity index (χ0) is 6.69. The minimum Gasteiger partial charge on any atom is -0.381 e. The average molecular weight is 167 g/mol. The molecule has 62 valence electrons. The molecular weight excluding hydrogens is 152 g/mol. The largest absolute Gasteiger partial charge is 0.381 e. The molecule has 0 amide bonds. The smallest absolute Gasteiger partial charge is 0.0507 e. The molecule has 1 heterocycles. The van der Waals surface area contributed by atoms with Crippen molar-refractivity contribution < 1.29 is 4.74 Å². The molecule has 1 aliphatic heterocycles. The number of hydrogen-bond acceptors (Lipinski definition) is 3. The van der Waals surface area contributed by atoms with E-state index in [4.69, 9.17) is 10.6 Å². The first-order valence-corrected chi connectivity index (χ1v) is 3.38. The van der Waals surface area contributed by atoms with Crippen molar-refractivity contribution in [3.63, 3.8) is 0 Å². The molecule has 1 rings (SSSR count). The molecule has 0 aliphatic carbocycles. The summed E-state index contributed by atoms with van der Waals surface area (Å²) in [6.45, 7) is 3.83. The van der Waals surface area contributed by atoms with Crippen LogP contribution in [0.1, 0.15) is 13.3 Å². The predicted molar refractivity (Wildman–Crippen MR) is 43.0 cm³/mol. The van der Waals surface area contributed by atoms with Gasteiger partial charge in [0.15, 0.2) is 0 Å². The number of halogens is 1. The van der Waals surface area contributed by atoms with Crippen molar-refractivity contribution in [3.8, 4) is 0 Å². The minimum absolute atomic E-state index is 0. The second kappa shape index (κ2) is 4.91. The molecule has 3 N–H and O–H groups in total. The Balaban J connectivity index is 0.000000810. The van der Waals surface area contributed by atoms with E-state index in [2.05, 4.69) is 12.3 Å². The monoisotopic (exact) mass is 166 g/mol. The van der Waals surface area contributed by atoms with Gasteiger partial charge in [-0.2, -0.15) is 0 Å². The van der Waals surface area contributed by atoms with Gasteiger partial charge >= 0.3 is 0 Å². The van der Waals surface area contributed by atoms with Gasteiger partial charge in [0.25, 0.3) is 0 Å². The summed E-state index contributed by atoms with van der Waals surface area (Å²) in [5, 5.41) is 0. The van der Waals surface area contributed by atoms with E-state index in [1.165, 1.54) is 0 Å². The molecule has 0 spiro atoms. The maximum absolute atomic E-state index is 5.29. The average Bonchev–Trinajstić information content (AvgIpc) is 1.89. The van der Waals surface area contributed by atoms with Gasteiger partial charge in [0.1, 0.15) is 0 Å². The summed E-state index contributed by atoms with van der Waals surface area (Å²) < 4.78 is 5.22. The fourth-order valence-electron chi connectivity index (χ4n) is 1.13. The zero-order valence-electron chi connectivity index (χ0n) is 6.17. The summed E-state index contributed by atoms with van der Waals surface area (Å²) in [5.74, 6) is 5.85. The number of hydrazine groups is 1. The molecule has 3 nitrogen and oxygen atoms in total. The summed E-state index contributed by atoms with van der Waals surface area (Å²) in [6.07, 6.45) is 1.04. The molecule has 2 atom stereocenters. The Morgan fingerprint density at radius 3 is 2.70 bits per heavy atom. The first-order chi connectivity index (χ1) is 4.34. The fourth-order valence-corrected chi connectivity index (χ4v) is 1.13. The van der Waals surface area contributed by atoms with E-state index in [-0.39, 0.29) is 12.4 Å². The number of hydrogen-bond donors (Lipinski definition) is 2. The molecule has 10 heavy (non-hydrogen) atoms. The topological polar surface area (TPSA) is 47.3 Å². The van der Waals surface area contributed by atoms with Crippen LogP contribution in [0, 0.1) is 5.92 Å². The van der Waals surface area contributed by atoms with Crippen molar-refractivity contribution >= 4 is 12.4 Å². The van der Waals surface area contributed by atoms with Crippen LogP contribution >= 0.6 is 12.4 Å². The molecular formula is C6H15ClN2O. The van der Waals surface area contributed by atoms with Crippen molar-refractivity contribution in [1.29, 1.82) is 0 Å². The molecule has 1 saturated heterocycles. The van der Waals surface area contributed by atoms with E-state index >= 15 is 0 Å². The van der Waals surface area contributed by atoms with Gasteiger partial charge in [-0.3, -0.25) is 11.3 Å². The van der Waals surface area contributed by atoms with Crippen LogP contribution in [0.3, 0.4) is 0 Å². The lowest BCUT2D eigenvalue weighted by molar-refractivity contribution is 0.0392. The highest BCUT2D eigenvalue weighted by atomic mass is 35.5. The standard InChI is InChI=1S/C6H14N2O.ClH/c1-5-4-9-3-2-6(5)8-7;/h5-6,8H,2-4,7H2,1H3;1H/t5-,6+;/m0./s1. The van der Waals surface area contributed by atoms with Crippen molar-refractivity contribution in [1.82, 2.24) is 5.43 Å². The second-order valence-electron chi connectivity index (χ2n) is 2.61. The Labute approximate surface area is 67.7 Å². The van der Waals surface area contributed by atoms with Crippen LogP contribution in [0.5, 0.6) is 0 Å². The van der Waals surface area contributed by atoms with Crippen molar-refractivity contribution in [2.75, 3.05) is 13.2 Å². The third-order valence-corrected chi connectivity index (χ3v) is 1.85. The molecule has 0 radical (unpaired) electrons. The SMILES string of the molecule is C[C@H]1COCC[C@H]1NN.Cl. The normalized spacial score (nSPS) is 33.0. The van der Waals surface area contributed by atoms with E-state index in [1.54, 1.807) is 0 Å². The molecule has 0 bridgehead atoms. The van der Waals surface area contributed by atoms with Gasteiger partial charge in [-0.15, -0.1) is 12.4 Å². The Hall–Kier alpha value is 0.170. The van der Waals surface area contributed by atoms with Crippen LogP contribution in [0.2, 0.25) is 0 Å². The van der Waals surface area contributed by atoms with E-state index in [0.717, 1.165) is 19.6 Å². The number of ether oxygens (including phenoxy) is 1. The molecule has 1 fully saturated rings. The van der Waals surface area contributed by atoms with Crippen LogP contribution in [0.4, 0.5) is 0 Å². The Bertz CT molecular complexity index is 91.8. The Morgan fingerprint density at radius 1 is 1.60 bits per heavy atom. The van der Waals surface area contributed by atoms with E-state index < -0.39 is 0 Å². The fraction of sp³-hybridized carbons (Fsp3) is 1.00. The highest BCUT2D eigenvalue weighted by Crippen LogP contribution is 2.12. The summed E-state index contributed by atoms with van der Waals surface area (Å²) in [6, 6.07) is 0.457. The van der Waals surface area contributed by atoms with Crippen LogP contribution < -0.4 is 11.3 Å². The minimum atomic E-state index is 0. The second-order valence-corrected chi connectivity index (χ2v) is 2.61. The molecule has 4 heteroatoms. The molecule has 0 unspecified atom stereocenters. The van der Waals surface area contributed by atoms with Crippen molar-refractivity contribution in [2.45, 2.75) is 19.4 Å².